The van der Waals surface area contributed by atoms with E-state index in [1.165, 1.54) is 28.4 Å². The lowest BCUT2D eigenvalue weighted by Gasteiger charge is -2.34. The first-order chi connectivity index (χ1) is 11.7. The SMILES string of the molecule is O=C(c1ccc(Br)cc1)N1CCN(Cc2nc3c(s2)CCC3)CC1. The Morgan fingerprint density at radius 1 is 1.12 bits per heavy atom. The molecular formula is C18H20BrN3OS. The van der Waals surface area contributed by atoms with Crippen LogP contribution >= 0.6 is 27.3 Å². The number of nitrogens with zero attached hydrogens (tertiary/aromatic N) is 3. The molecule has 1 saturated heterocycles. The number of carbonyl (C=O) groups is 1. The van der Waals surface area contributed by atoms with Crippen molar-refractivity contribution in [3.8, 4) is 0 Å². The van der Waals surface area contributed by atoms with Gasteiger partial charge in [-0.3, -0.25) is 9.69 Å². The number of thiazole rings is 1. The zero-order chi connectivity index (χ0) is 16.5. The van der Waals surface area contributed by atoms with Gasteiger partial charge in [0.1, 0.15) is 5.01 Å². The van der Waals surface area contributed by atoms with Gasteiger partial charge in [-0.25, -0.2) is 4.98 Å². The molecule has 6 heteroatoms. The largest absolute Gasteiger partial charge is 0.336 e. The molecule has 1 aromatic heterocycles. The number of carbonyl (C=O) groups excluding carboxylic acids is 1. The third kappa shape index (κ3) is 3.41. The first-order valence-electron chi connectivity index (χ1n) is 8.44. The molecule has 1 aliphatic heterocycles. The molecule has 1 aliphatic carbocycles. The minimum atomic E-state index is 0.135. The fourth-order valence-corrected chi connectivity index (χ4v) is 4.85. The zero-order valence-electron chi connectivity index (χ0n) is 13.5. The van der Waals surface area contributed by atoms with E-state index in [9.17, 15) is 4.79 Å². The van der Waals surface area contributed by atoms with Crippen molar-refractivity contribution in [1.82, 2.24) is 14.8 Å². The summed E-state index contributed by atoms with van der Waals surface area (Å²) in [5.41, 5.74) is 2.10. The summed E-state index contributed by atoms with van der Waals surface area (Å²) in [6.07, 6.45) is 3.63. The van der Waals surface area contributed by atoms with E-state index < -0.39 is 0 Å². The summed E-state index contributed by atoms with van der Waals surface area (Å²) in [4.78, 5) is 23.2. The van der Waals surface area contributed by atoms with Gasteiger partial charge in [0, 0.05) is 41.1 Å². The van der Waals surface area contributed by atoms with Crippen molar-refractivity contribution in [3.05, 3.63) is 49.9 Å². The standard InChI is InChI=1S/C18H20BrN3OS/c19-14-6-4-13(5-7-14)18(23)22-10-8-21(9-11-22)12-17-20-15-2-1-3-16(15)24-17/h4-7H,1-3,8-12H2. The van der Waals surface area contributed by atoms with Crippen LogP contribution in [0, 0.1) is 0 Å². The number of hydrogen-bond acceptors (Lipinski definition) is 4. The summed E-state index contributed by atoms with van der Waals surface area (Å²) in [7, 11) is 0. The highest BCUT2D eigenvalue weighted by atomic mass is 79.9. The van der Waals surface area contributed by atoms with Crippen LogP contribution in [0.15, 0.2) is 28.7 Å². The molecule has 0 unspecified atom stereocenters. The number of hydrogen-bond donors (Lipinski definition) is 0. The molecule has 1 fully saturated rings. The van der Waals surface area contributed by atoms with E-state index in [1.54, 1.807) is 0 Å². The lowest BCUT2D eigenvalue weighted by molar-refractivity contribution is 0.0628. The van der Waals surface area contributed by atoms with Crippen LogP contribution in [-0.4, -0.2) is 46.9 Å². The highest BCUT2D eigenvalue weighted by molar-refractivity contribution is 9.10. The van der Waals surface area contributed by atoms with Gasteiger partial charge in [0.05, 0.1) is 12.2 Å². The normalized spacial score (nSPS) is 18.0. The molecule has 0 spiro atoms. The van der Waals surface area contributed by atoms with Gasteiger partial charge in [-0.1, -0.05) is 15.9 Å². The molecule has 24 heavy (non-hydrogen) atoms. The fourth-order valence-electron chi connectivity index (χ4n) is 3.39. The average Bonchev–Trinajstić information content (AvgIpc) is 3.17. The Morgan fingerprint density at radius 3 is 2.58 bits per heavy atom. The Bertz CT molecular complexity index is 714. The van der Waals surface area contributed by atoms with Gasteiger partial charge in [-0.2, -0.15) is 0 Å². The van der Waals surface area contributed by atoms with Crippen molar-refractivity contribution in [2.75, 3.05) is 26.2 Å². The Kier molecular flexibility index (Phi) is 4.70. The van der Waals surface area contributed by atoms with E-state index in [-0.39, 0.29) is 5.91 Å². The summed E-state index contributed by atoms with van der Waals surface area (Å²) in [5, 5.41) is 1.24. The maximum Gasteiger partial charge on any atom is 0.253 e. The van der Waals surface area contributed by atoms with Gasteiger partial charge in [-0.15, -0.1) is 11.3 Å². The van der Waals surface area contributed by atoms with E-state index in [0.29, 0.717) is 0 Å². The monoisotopic (exact) mass is 405 g/mol. The number of benzene rings is 1. The minimum Gasteiger partial charge on any atom is -0.336 e. The van der Waals surface area contributed by atoms with E-state index in [1.807, 2.05) is 40.5 Å². The minimum absolute atomic E-state index is 0.135. The molecule has 2 heterocycles. The molecule has 0 radical (unpaired) electrons. The lowest BCUT2D eigenvalue weighted by atomic mass is 10.2. The van der Waals surface area contributed by atoms with Crippen LogP contribution in [0.1, 0.15) is 32.4 Å². The van der Waals surface area contributed by atoms with Gasteiger partial charge >= 0.3 is 0 Å². The highest BCUT2D eigenvalue weighted by Crippen LogP contribution is 2.28. The smallest absolute Gasteiger partial charge is 0.253 e. The second kappa shape index (κ2) is 6.94. The summed E-state index contributed by atoms with van der Waals surface area (Å²) in [6, 6.07) is 7.61. The predicted molar refractivity (Wildman–Crippen MR) is 99.5 cm³/mol. The molecule has 126 valence electrons. The van der Waals surface area contributed by atoms with Gasteiger partial charge in [0.25, 0.3) is 5.91 Å². The fraction of sp³-hybridized carbons (Fsp3) is 0.444. The van der Waals surface area contributed by atoms with Crippen molar-refractivity contribution in [1.29, 1.82) is 0 Å². The Balaban J connectivity index is 1.32. The highest BCUT2D eigenvalue weighted by Gasteiger charge is 2.24. The van der Waals surface area contributed by atoms with E-state index in [2.05, 4.69) is 20.8 Å². The molecule has 0 saturated carbocycles. The maximum atomic E-state index is 12.6. The number of aryl methyl sites for hydroxylation is 2. The Labute approximate surface area is 154 Å². The third-order valence-electron chi connectivity index (χ3n) is 4.75. The molecule has 0 N–H and O–H groups in total. The third-order valence-corrected chi connectivity index (χ3v) is 6.42. The van der Waals surface area contributed by atoms with Crippen molar-refractivity contribution in [2.24, 2.45) is 0 Å². The molecule has 4 rings (SSSR count). The number of rotatable bonds is 3. The number of aromatic nitrogens is 1. The first-order valence-corrected chi connectivity index (χ1v) is 10.0. The quantitative estimate of drug-likeness (QED) is 0.785. The Morgan fingerprint density at radius 2 is 1.88 bits per heavy atom. The van der Waals surface area contributed by atoms with Gasteiger partial charge in [-0.05, 0) is 43.5 Å². The molecular weight excluding hydrogens is 386 g/mol. The Hall–Kier alpha value is -1.24. The van der Waals surface area contributed by atoms with Crippen LogP contribution in [0.3, 0.4) is 0 Å². The molecule has 1 amide bonds. The first kappa shape index (κ1) is 16.2. The topological polar surface area (TPSA) is 36.4 Å². The number of fused-ring (bicyclic) bond motifs is 1. The second-order valence-corrected chi connectivity index (χ2v) is 8.49. The summed E-state index contributed by atoms with van der Waals surface area (Å²) in [6.45, 7) is 4.36. The van der Waals surface area contributed by atoms with Gasteiger partial charge < -0.3 is 4.90 Å². The predicted octanol–water partition coefficient (Wildman–Crippen LogP) is 3.35. The van der Waals surface area contributed by atoms with Crippen LogP contribution in [0.4, 0.5) is 0 Å². The van der Waals surface area contributed by atoms with E-state index in [4.69, 9.17) is 4.98 Å². The summed E-state index contributed by atoms with van der Waals surface area (Å²) >= 11 is 5.29. The van der Waals surface area contributed by atoms with E-state index in [0.717, 1.165) is 49.2 Å². The summed E-state index contributed by atoms with van der Waals surface area (Å²) < 4.78 is 0.999. The molecule has 0 bridgehead atoms. The van der Waals surface area contributed by atoms with Crippen LogP contribution in [0.25, 0.3) is 0 Å². The van der Waals surface area contributed by atoms with Crippen molar-refractivity contribution in [2.45, 2.75) is 25.8 Å². The molecule has 1 aromatic carbocycles. The molecule has 0 atom stereocenters. The van der Waals surface area contributed by atoms with Crippen LogP contribution in [0.5, 0.6) is 0 Å². The molecule has 2 aromatic rings. The van der Waals surface area contributed by atoms with Gasteiger partial charge in [0.2, 0.25) is 0 Å². The van der Waals surface area contributed by atoms with Crippen LogP contribution in [0.2, 0.25) is 0 Å². The average molecular weight is 406 g/mol. The van der Waals surface area contributed by atoms with Crippen LogP contribution < -0.4 is 0 Å². The molecule has 4 nitrogen and oxygen atoms in total. The second-order valence-electron chi connectivity index (χ2n) is 6.41. The van der Waals surface area contributed by atoms with Crippen molar-refractivity contribution < 1.29 is 4.79 Å². The maximum absolute atomic E-state index is 12.6. The number of halogens is 1. The molecule has 2 aliphatic rings. The van der Waals surface area contributed by atoms with Gasteiger partial charge in [0.15, 0.2) is 0 Å². The van der Waals surface area contributed by atoms with Crippen molar-refractivity contribution in [3.63, 3.8) is 0 Å². The number of piperazine rings is 1. The van der Waals surface area contributed by atoms with Crippen LogP contribution in [-0.2, 0) is 19.4 Å². The number of amides is 1. The van der Waals surface area contributed by atoms with Crippen molar-refractivity contribution >= 4 is 33.2 Å². The lowest BCUT2D eigenvalue weighted by Crippen LogP contribution is -2.48. The summed E-state index contributed by atoms with van der Waals surface area (Å²) in [5.74, 6) is 0.135. The van der Waals surface area contributed by atoms with E-state index >= 15 is 0 Å². The zero-order valence-corrected chi connectivity index (χ0v) is 15.9.